The molecular weight excluding hydrogens is 518 g/mol. The summed E-state index contributed by atoms with van der Waals surface area (Å²) in [6.45, 7) is 4.52. The lowest BCUT2D eigenvalue weighted by molar-refractivity contribution is -0.390. The minimum absolute atomic E-state index is 0.0540. The van der Waals surface area contributed by atoms with E-state index >= 15 is 0 Å². The van der Waals surface area contributed by atoms with Crippen LogP contribution in [-0.4, -0.2) is 65.4 Å². The van der Waals surface area contributed by atoms with Crippen molar-refractivity contribution in [2.45, 2.75) is 31.0 Å². The number of nitrogens with zero attached hydrogens (tertiary/aromatic N) is 7. The van der Waals surface area contributed by atoms with Crippen LogP contribution < -0.4 is 0 Å². The molecule has 4 heterocycles. The van der Waals surface area contributed by atoms with Crippen LogP contribution in [-0.2, 0) is 29.7 Å². The molecule has 0 bridgehead atoms. The Morgan fingerprint density at radius 3 is 2.34 bits per heavy atom. The standard InChI is InChI=1S/C9H12N4O3.C6H7Br2N3O2/c14-13(15)9-3-7-4-11(8-5-16-6-8)1-2-12(7)10-9;7-1-2-10-5(4-8)3-6(9-10)11(12)13/h3,8H,1-2,4-6H2;3H,1-2,4H2. The first kappa shape index (κ1) is 21.8. The lowest BCUT2D eigenvalue weighted by atomic mass is 10.2. The van der Waals surface area contributed by atoms with Gasteiger partial charge in [-0.1, -0.05) is 31.9 Å². The van der Waals surface area contributed by atoms with Gasteiger partial charge in [-0.2, -0.15) is 9.36 Å². The molecule has 158 valence electrons. The molecule has 0 unspecified atom stereocenters. The Kier molecular flexibility index (Phi) is 7.32. The summed E-state index contributed by atoms with van der Waals surface area (Å²) >= 11 is 6.49. The van der Waals surface area contributed by atoms with Crippen molar-refractivity contribution in [1.29, 1.82) is 0 Å². The summed E-state index contributed by atoms with van der Waals surface area (Å²) in [4.78, 5) is 22.4. The second-order valence-corrected chi connectivity index (χ2v) is 7.79. The largest absolute Gasteiger partial charge is 0.390 e. The van der Waals surface area contributed by atoms with Gasteiger partial charge in [0.25, 0.3) is 0 Å². The third-order valence-corrected chi connectivity index (χ3v) is 5.54. The highest BCUT2D eigenvalue weighted by atomic mass is 79.9. The number of hydrogen-bond donors (Lipinski definition) is 0. The molecule has 14 heteroatoms. The Morgan fingerprint density at radius 2 is 1.79 bits per heavy atom. The molecule has 0 saturated carbocycles. The lowest BCUT2D eigenvalue weighted by Crippen LogP contribution is -2.51. The minimum Gasteiger partial charge on any atom is -0.378 e. The van der Waals surface area contributed by atoms with Gasteiger partial charge in [0.05, 0.1) is 66.1 Å². The quantitative estimate of drug-likeness (QED) is 0.311. The monoisotopic (exact) mass is 535 g/mol. The first-order valence-corrected chi connectivity index (χ1v) is 11.0. The van der Waals surface area contributed by atoms with Crippen LogP contribution in [0.15, 0.2) is 12.1 Å². The smallest absolute Gasteiger partial charge is 0.378 e. The Bertz CT molecular complexity index is 883. The van der Waals surface area contributed by atoms with Gasteiger partial charge in [-0.25, -0.2) is 0 Å². The van der Waals surface area contributed by atoms with Gasteiger partial charge < -0.3 is 25.0 Å². The van der Waals surface area contributed by atoms with Gasteiger partial charge in [-0.05, 0) is 9.85 Å². The van der Waals surface area contributed by atoms with Gasteiger partial charge in [-0.15, -0.1) is 0 Å². The predicted molar refractivity (Wildman–Crippen MR) is 109 cm³/mol. The molecule has 0 atom stereocenters. The molecule has 0 spiro atoms. The number of hydrogen-bond acceptors (Lipinski definition) is 8. The molecule has 2 aliphatic heterocycles. The zero-order chi connectivity index (χ0) is 21.0. The highest BCUT2D eigenvalue weighted by Crippen LogP contribution is 2.21. The average Bonchev–Trinajstić information content (AvgIpc) is 3.25. The summed E-state index contributed by atoms with van der Waals surface area (Å²) in [6.07, 6.45) is 0. The van der Waals surface area contributed by atoms with E-state index in [0.29, 0.717) is 17.9 Å². The van der Waals surface area contributed by atoms with Crippen LogP contribution in [0.5, 0.6) is 0 Å². The van der Waals surface area contributed by atoms with Crippen molar-refractivity contribution in [3.05, 3.63) is 43.7 Å². The molecule has 2 aromatic heterocycles. The Balaban J connectivity index is 0.000000170. The third kappa shape index (κ3) is 5.18. The number of alkyl halides is 2. The van der Waals surface area contributed by atoms with Crippen molar-refractivity contribution >= 4 is 43.5 Å². The first-order chi connectivity index (χ1) is 13.9. The van der Waals surface area contributed by atoms with Crippen molar-refractivity contribution in [2.75, 3.05) is 25.1 Å². The minimum atomic E-state index is -0.489. The molecule has 0 aromatic carbocycles. The maximum Gasteiger partial charge on any atom is 0.390 e. The second kappa shape index (κ2) is 9.73. The summed E-state index contributed by atoms with van der Waals surface area (Å²) in [6, 6.07) is 3.51. The summed E-state index contributed by atoms with van der Waals surface area (Å²) in [5.41, 5.74) is 1.73. The molecule has 2 aliphatic rings. The van der Waals surface area contributed by atoms with Crippen molar-refractivity contribution < 1.29 is 14.6 Å². The van der Waals surface area contributed by atoms with E-state index in [0.717, 1.165) is 49.6 Å². The summed E-state index contributed by atoms with van der Waals surface area (Å²) in [5.74, 6) is -0.155. The van der Waals surface area contributed by atoms with Crippen LogP contribution >= 0.6 is 31.9 Å². The van der Waals surface area contributed by atoms with E-state index in [1.165, 1.54) is 6.07 Å². The van der Waals surface area contributed by atoms with Crippen LogP contribution in [0.4, 0.5) is 11.6 Å². The maximum atomic E-state index is 10.6. The van der Waals surface area contributed by atoms with E-state index in [1.54, 1.807) is 15.4 Å². The zero-order valence-corrected chi connectivity index (χ0v) is 18.5. The molecule has 1 fully saturated rings. The number of nitro groups is 2. The van der Waals surface area contributed by atoms with Crippen LogP contribution in [0.1, 0.15) is 11.4 Å². The van der Waals surface area contributed by atoms with Crippen molar-refractivity contribution in [1.82, 2.24) is 24.5 Å². The van der Waals surface area contributed by atoms with Gasteiger partial charge in [0.1, 0.15) is 0 Å². The fraction of sp³-hybridized carbons (Fsp3) is 0.600. The topological polar surface area (TPSA) is 134 Å². The van der Waals surface area contributed by atoms with E-state index < -0.39 is 9.85 Å². The highest BCUT2D eigenvalue weighted by molar-refractivity contribution is 9.09. The predicted octanol–water partition coefficient (Wildman–Crippen LogP) is 2.09. The van der Waals surface area contributed by atoms with Crippen LogP contribution in [0.25, 0.3) is 0 Å². The van der Waals surface area contributed by atoms with Crippen LogP contribution in [0, 0.1) is 20.2 Å². The van der Waals surface area contributed by atoms with E-state index in [9.17, 15) is 20.2 Å². The number of aromatic nitrogens is 4. The van der Waals surface area contributed by atoms with Crippen LogP contribution in [0.2, 0.25) is 0 Å². The summed E-state index contributed by atoms with van der Waals surface area (Å²) in [7, 11) is 0. The number of halogens is 2. The van der Waals surface area contributed by atoms with E-state index in [4.69, 9.17) is 4.74 Å². The average molecular weight is 537 g/mol. The molecule has 0 amide bonds. The van der Waals surface area contributed by atoms with Gasteiger partial charge in [-0.3, -0.25) is 4.90 Å². The first-order valence-electron chi connectivity index (χ1n) is 8.79. The normalized spacial score (nSPS) is 16.5. The summed E-state index contributed by atoms with van der Waals surface area (Å²) < 4.78 is 8.49. The Morgan fingerprint density at radius 1 is 1.10 bits per heavy atom. The van der Waals surface area contributed by atoms with Gasteiger partial charge in [0.15, 0.2) is 0 Å². The highest BCUT2D eigenvalue weighted by Gasteiger charge is 2.31. The molecule has 1 saturated heterocycles. The van der Waals surface area contributed by atoms with E-state index in [-0.39, 0.29) is 11.6 Å². The molecule has 4 rings (SSSR count). The number of ether oxygens (including phenoxy) is 1. The number of fused-ring (bicyclic) bond motifs is 1. The Hall–Kier alpha value is -1.90. The molecular formula is C15H19Br2N7O5. The lowest BCUT2D eigenvalue weighted by Gasteiger charge is -2.38. The molecule has 0 N–H and O–H groups in total. The van der Waals surface area contributed by atoms with Crippen LogP contribution in [0.3, 0.4) is 0 Å². The number of aryl methyl sites for hydroxylation is 1. The summed E-state index contributed by atoms with van der Waals surface area (Å²) in [5, 5.41) is 30.1. The third-order valence-electron chi connectivity index (χ3n) is 4.61. The maximum absolute atomic E-state index is 10.6. The van der Waals surface area contributed by atoms with Gasteiger partial charge in [0, 0.05) is 23.7 Å². The molecule has 12 nitrogen and oxygen atoms in total. The van der Waals surface area contributed by atoms with Crippen molar-refractivity contribution in [2.24, 2.45) is 0 Å². The van der Waals surface area contributed by atoms with Crippen molar-refractivity contribution in [3.63, 3.8) is 0 Å². The fourth-order valence-corrected chi connectivity index (χ4v) is 3.80. The fourth-order valence-electron chi connectivity index (χ4n) is 3.02. The zero-order valence-electron chi connectivity index (χ0n) is 15.3. The second-order valence-electron chi connectivity index (χ2n) is 6.43. The van der Waals surface area contributed by atoms with E-state index in [2.05, 4.69) is 47.0 Å². The molecule has 29 heavy (non-hydrogen) atoms. The molecule has 0 aliphatic carbocycles. The van der Waals surface area contributed by atoms with Gasteiger partial charge in [0.2, 0.25) is 0 Å². The molecule has 0 radical (unpaired) electrons. The number of rotatable bonds is 6. The molecule has 2 aromatic rings. The van der Waals surface area contributed by atoms with Gasteiger partial charge >= 0.3 is 11.6 Å². The Labute approximate surface area is 182 Å². The SMILES string of the molecule is O=[N+]([O-])c1cc(CBr)n(CCBr)n1.O=[N+]([O-])c1cc2n(n1)CCN(C1COC1)C2. The van der Waals surface area contributed by atoms with E-state index in [1.807, 2.05) is 0 Å². The van der Waals surface area contributed by atoms with Crippen molar-refractivity contribution in [3.8, 4) is 0 Å².